The molecule has 0 bridgehead atoms. The van der Waals surface area contributed by atoms with Crippen molar-refractivity contribution in [3.63, 3.8) is 0 Å². The Hall–Kier alpha value is 0.300. The Morgan fingerprint density at radius 3 is 2.67 bits per heavy atom. The minimum Gasteiger partial charge on any atom is -0.351 e. The normalized spacial score (nSPS) is 30.5. The number of thioether (sulfide) groups is 1. The first-order valence-electron chi connectivity index (χ1n) is 5.63. The van der Waals surface area contributed by atoms with Crippen molar-refractivity contribution in [1.29, 1.82) is 0 Å². The Balaban J connectivity index is 1.87. The van der Waals surface area contributed by atoms with E-state index in [0.29, 0.717) is 10.7 Å². The van der Waals surface area contributed by atoms with E-state index in [-0.39, 0.29) is 0 Å². The molecule has 2 heterocycles. The summed E-state index contributed by atoms with van der Waals surface area (Å²) in [5, 5.41) is 3.01. The highest BCUT2D eigenvalue weighted by Gasteiger charge is 2.29. The third kappa shape index (κ3) is 2.90. The van der Waals surface area contributed by atoms with Gasteiger partial charge in [0.05, 0.1) is 6.54 Å². The molecule has 15 heavy (non-hydrogen) atoms. The monoisotopic (exact) mass is 290 g/mol. The zero-order valence-electron chi connectivity index (χ0n) is 9.50. The molecule has 4 heteroatoms. The smallest absolute Gasteiger partial charge is 0.159 e. The number of rotatable bonds is 1. The molecule has 0 aromatic rings. The number of likely N-dealkylation sites (tertiary alicyclic amines) is 1. The Bertz CT molecular complexity index is 255. The van der Waals surface area contributed by atoms with E-state index in [1.807, 2.05) is 11.8 Å². The van der Waals surface area contributed by atoms with Crippen LogP contribution in [0.3, 0.4) is 0 Å². The first kappa shape index (κ1) is 11.8. The molecule has 0 radical (unpaired) electrons. The summed E-state index contributed by atoms with van der Waals surface area (Å²) in [7, 11) is 0. The summed E-state index contributed by atoms with van der Waals surface area (Å²) < 4.78 is 0. The van der Waals surface area contributed by atoms with E-state index in [4.69, 9.17) is 0 Å². The van der Waals surface area contributed by atoms with Crippen molar-refractivity contribution in [3.05, 3.63) is 0 Å². The van der Waals surface area contributed by atoms with Crippen LogP contribution in [0.25, 0.3) is 0 Å². The van der Waals surface area contributed by atoms with E-state index in [2.05, 4.69) is 39.7 Å². The molecule has 0 aromatic heterocycles. The molecule has 86 valence electrons. The van der Waals surface area contributed by atoms with Gasteiger partial charge in [0.25, 0.3) is 0 Å². The van der Waals surface area contributed by atoms with E-state index < -0.39 is 0 Å². The Kier molecular flexibility index (Phi) is 3.66. The van der Waals surface area contributed by atoms with Crippen molar-refractivity contribution in [2.24, 2.45) is 10.4 Å². The fraction of sp³-hybridized carbons (Fsp3) is 0.909. The number of amidine groups is 1. The predicted octanol–water partition coefficient (Wildman–Crippen LogP) is 2.97. The first-order valence-corrected chi connectivity index (χ1v) is 7.63. The van der Waals surface area contributed by atoms with Crippen molar-refractivity contribution in [2.75, 3.05) is 25.0 Å². The molecule has 1 saturated heterocycles. The number of piperidine rings is 1. The third-order valence-corrected chi connectivity index (χ3v) is 5.72. The summed E-state index contributed by atoms with van der Waals surface area (Å²) in [5.74, 6) is 0. The molecule has 2 aliphatic heterocycles. The Morgan fingerprint density at radius 2 is 2.13 bits per heavy atom. The van der Waals surface area contributed by atoms with Crippen LogP contribution < -0.4 is 0 Å². The van der Waals surface area contributed by atoms with Crippen molar-refractivity contribution < 1.29 is 0 Å². The maximum Gasteiger partial charge on any atom is 0.159 e. The van der Waals surface area contributed by atoms with Crippen LogP contribution in [0.1, 0.15) is 26.7 Å². The second kappa shape index (κ2) is 4.66. The lowest BCUT2D eigenvalue weighted by molar-refractivity contribution is 0.191. The summed E-state index contributed by atoms with van der Waals surface area (Å²) >= 11 is 5.48. The lowest BCUT2D eigenvalue weighted by Gasteiger charge is -2.37. The minimum atomic E-state index is 0.537. The van der Waals surface area contributed by atoms with Gasteiger partial charge in [0, 0.05) is 23.7 Å². The summed E-state index contributed by atoms with van der Waals surface area (Å²) in [5.41, 5.74) is 0.537. The topological polar surface area (TPSA) is 15.6 Å². The molecule has 0 N–H and O–H groups in total. The summed E-state index contributed by atoms with van der Waals surface area (Å²) in [6, 6.07) is 0. The minimum absolute atomic E-state index is 0.537. The predicted molar refractivity (Wildman–Crippen MR) is 72.1 cm³/mol. The molecule has 0 aliphatic carbocycles. The maximum absolute atomic E-state index is 4.63. The molecule has 0 saturated carbocycles. The van der Waals surface area contributed by atoms with Gasteiger partial charge in [-0.15, -0.1) is 0 Å². The first-order chi connectivity index (χ1) is 7.11. The third-order valence-electron chi connectivity index (χ3n) is 3.26. The zero-order valence-corrected chi connectivity index (χ0v) is 11.9. The van der Waals surface area contributed by atoms with Gasteiger partial charge < -0.3 is 4.90 Å². The van der Waals surface area contributed by atoms with Gasteiger partial charge in [0.2, 0.25) is 0 Å². The van der Waals surface area contributed by atoms with Gasteiger partial charge in [-0.2, -0.15) is 0 Å². The highest BCUT2D eigenvalue weighted by atomic mass is 79.9. The van der Waals surface area contributed by atoms with E-state index in [1.165, 1.54) is 31.1 Å². The molecule has 2 rings (SSSR count). The molecule has 1 fully saturated rings. The molecule has 0 spiro atoms. The van der Waals surface area contributed by atoms with Crippen LogP contribution in [0.5, 0.6) is 0 Å². The summed E-state index contributed by atoms with van der Waals surface area (Å²) in [6.45, 7) is 8.11. The van der Waals surface area contributed by atoms with Crippen LogP contribution in [0.2, 0.25) is 0 Å². The molecule has 1 unspecified atom stereocenters. The highest BCUT2D eigenvalue weighted by Crippen LogP contribution is 2.33. The maximum atomic E-state index is 4.63. The average Bonchev–Trinajstić information content (AvgIpc) is 2.66. The average molecular weight is 291 g/mol. The number of nitrogens with zero attached hydrogens (tertiary/aromatic N) is 2. The zero-order chi connectivity index (χ0) is 10.9. The standard InChI is InChI=1S/C11H19BrN2S/c1-11(2)3-5-14(6-4-11)10-13-8-9(7-12)15-10/h9H,3-8H2,1-2H3. The van der Waals surface area contributed by atoms with E-state index in [0.717, 1.165) is 11.9 Å². The van der Waals surface area contributed by atoms with Gasteiger partial charge >= 0.3 is 0 Å². The van der Waals surface area contributed by atoms with Crippen LogP contribution in [-0.2, 0) is 0 Å². The van der Waals surface area contributed by atoms with Crippen LogP contribution >= 0.6 is 27.7 Å². The number of hydrogen-bond acceptors (Lipinski definition) is 3. The number of halogens is 1. The highest BCUT2D eigenvalue weighted by molar-refractivity contribution is 9.09. The second-order valence-corrected chi connectivity index (χ2v) is 7.08. The summed E-state index contributed by atoms with van der Waals surface area (Å²) in [6.07, 6.45) is 2.59. The summed E-state index contributed by atoms with van der Waals surface area (Å²) in [4.78, 5) is 7.11. The second-order valence-electron chi connectivity index (χ2n) is 5.17. The van der Waals surface area contributed by atoms with Gasteiger partial charge in [-0.05, 0) is 18.3 Å². The van der Waals surface area contributed by atoms with Crippen LogP contribution in [-0.4, -0.2) is 40.3 Å². The molecular formula is C11H19BrN2S. The molecular weight excluding hydrogens is 272 g/mol. The van der Waals surface area contributed by atoms with Gasteiger partial charge in [-0.25, -0.2) is 0 Å². The number of alkyl halides is 1. The van der Waals surface area contributed by atoms with Crippen LogP contribution in [0, 0.1) is 5.41 Å². The lowest BCUT2D eigenvalue weighted by Crippen LogP contribution is -2.39. The van der Waals surface area contributed by atoms with Crippen LogP contribution in [0.15, 0.2) is 4.99 Å². The molecule has 2 aliphatic rings. The fourth-order valence-electron chi connectivity index (χ4n) is 1.96. The molecule has 0 aromatic carbocycles. The van der Waals surface area contributed by atoms with Crippen molar-refractivity contribution in [1.82, 2.24) is 4.90 Å². The lowest BCUT2D eigenvalue weighted by atomic mass is 9.83. The molecule has 0 amide bonds. The van der Waals surface area contributed by atoms with E-state index in [1.54, 1.807) is 0 Å². The largest absolute Gasteiger partial charge is 0.351 e. The van der Waals surface area contributed by atoms with Gasteiger partial charge in [-0.3, -0.25) is 4.99 Å². The molecule has 1 atom stereocenters. The van der Waals surface area contributed by atoms with Crippen molar-refractivity contribution in [2.45, 2.75) is 31.9 Å². The quantitative estimate of drug-likeness (QED) is 0.690. The van der Waals surface area contributed by atoms with Crippen molar-refractivity contribution in [3.8, 4) is 0 Å². The van der Waals surface area contributed by atoms with Crippen LogP contribution in [0.4, 0.5) is 0 Å². The number of hydrogen-bond donors (Lipinski definition) is 0. The van der Waals surface area contributed by atoms with Gasteiger partial charge in [0.15, 0.2) is 5.17 Å². The van der Waals surface area contributed by atoms with Crippen molar-refractivity contribution >= 4 is 32.9 Å². The fourth-order valence-corrected chi connectivity index (χ4v) is 3.55. The van der Waals surface area contributed by atoms with Gasteiger partial charge in [0.1, 0.15) is 0 Å². The Labute approximate surface area is 105 Å². The Morgan fingerprint density at radius 1 is 1.47 bits per heavy atom. The molecule has 2 nitrogen and oxygen atoms in total. The SMILES string of the molecule is CC1(C)CCN(C2=NCC(CBr)S2)CC1. The van der Waals surface area contributed by atoms with E-state index >= 15 is 0 Å². The number of aliphatic imine (C=N–C) groups is 1. The van der Waals surface area contributed by atoms with Gasteiger partial charge in [-0.1, -0.05) is 41.5 Å². The van der Waals surface area contributed by atoms with E-state index in [9.17, 15) is 0 Å².